The van der Waals surface area contributed by atoms with Crippen molar-refractivity contribution in [3.63, 3.8) is 0 Å². The molecule has 0 aliphatic heterocycles. The molecule has 1 heterocycles. The Bertz CT molecular complexity index is 753. The summed E-state index contributed by atoms with van der Waals surface area (Å²) in [7, 11) is 0. The lowest BCUT2D eigenvalue weighted by molar-refractivity contribution is 0.130. The van der Waals surface area contributed by atoms with Crippen LogP contribution in [0.5, 0.6) is 0 Å². The molecule has 23 heavy (non-hydrogen) atoms. The van der Waals surface area contributed by atoms with E-state index >= 15 is 0 Å². The second-order valence-corrected chi connectivity index (χ2v) is 5.48. The maximum atomic E-state index is 5.96. The Morgan fingerprint density at radius 2 is 1.87 bits per heavy atom. The van der Waals surface area contributed by atoms with E-state index in [2.05, 4.69) is 10.1 Å². The predicted molar refractivity (Wildman–Crippen MR) is 91.4 cm³/mol. The zero-order chi connectivity index (χ0) is 15.9. The number of rotatable bonds is 6. The fourth-order valence-electron chi connectivity index (χ4n) is 2.13. The molecule has 0 saturated carbocycles. The van der Waals surface area contributed by atoms with E-state index in [9.17, 15) is 0 Å². The van der Waals surface area contributed by atoms with Crippen LogP contribution in [0.2, 0.25) is 5.02 Å². The van der Waals surface area contributed by atoms with Crippen LogP contribution in [0, 0.1) is 0 Å². The lowest BCUT2D eigenvalue weighted by atomic mass is 10.1. The van der Waals surface area contributed by atoms with Crippen LogP contribution >= 0.6 is 11.6 Å². The van der Waals surface area contributed by atoms with Gasteiger partial charge in [-0.05, 0) is 17.7 Å². The summed E-state index contributed by atoms with van der Waals surface area (Å²) in [6.45, 7) is 1.01. The average molecular weight is 326 g/mol. The largest absolute Gasteiger partial charge is 0.391 e. The molecule has 5 heteroatoms. The Labute approximate surface area is 140 Å². The molecule has 3 aromatic rings. The van der Waals surface area contributed by atoms with Gasteiger partial charge >= 0.3 is 0 Å². The molecule has 0 atom stereocenters. The normalized spacial score (nSPS) is 11.4. The second-order valence-electron chi connectivity index (χ2n) is 5.04. The van der Waals surface area contributed by atoms with Gasteiger partial charge in [0.2, 0.25) is 0 Å². The molecule has 0 fully saturated rings. The van der Waals surface area contributed by atoms with Crippen molar-refractivity contribution >= 4 is 17.3 Å². The van der Waals surface area contributed by atoms with Gasteiger partial charge in [0.1, 0.15) is 12.3 Å². The monoisotopic (exact) mass is 325 g/mol. The fraction of sp³-hybridized carbons (Fsp3) is 0.111. The van der Waals surface area contributed by atoms with Crippen molar-refractivity contribution in [2.75, 3.05) is 0 Å². The standard InChI is InChI=1S/C18H16ClN3O/c19-17-8-6-16(7-9-17)18(12-22-11-10-20-14-22)21-23-13-15-4-2-1-3-5-15/h1-11,14H,12-13H2/b21-18+. The third-order valence-corrected chi connectivity index (χ3v) is 3.57. The lowest BCUT2D eigenvalue weighted by Crippen LogP contribution is -2.11. The zero-order valence-electron chi connectivity index (χ0n) is 12.5. The highest BCUT2D eigenvalue weighted by Crippen LogP contribution is 2.12. The van der Waals surface area contributed by atoms with E-state index in [0.717, 1.165) is 16.8 Å². The first kappa shape index (κ1) is 15.3. The van der Waals surface area contributed by atoms with Crippen molar-refractivity contribution in [2.24, 2.45) is 5.16 Å². The Morgan fingerprint density at radius 1 is 1.09 bits per heavy atom. The average Bonchev–Trinajstić information content (AvgIpc) is 3.09. The third kappa shape index (κ3) is 4.44. The van der Waals surface area contributed by atoms with E-state index in [1.807, 2.05) is 65.4 Å². The van der Waals surface area contributed by atoms with Gasteiger partial charge < -0.3 is 9.40 Å². The first-order valence-corrected chi connectivity index (χ1v) is 7.63. The first-order chi connectivity index (χ1) is 11.3. The number of aromatic nitrogens is 2. The molecule has 0 saturated heterocycles. The summed E-state index contributed by atoms with van der Waals surface area (Å²) in [6.07, 6.45) is 5.38. The molecule has 0 aliphatic carbocycles. The number of imidazole rings is 1. The van der Waals surface area contributed by atoms with Gasteiger partial charge in [0.05, 0.1) is 12.9 Å². The van der Waals surface area contributed by atoms with Crippen LogP contribution in [0.25, 0.3) is 0 Å². The highest BCUT2D eigenvalue weighted by molar-refractivity contribution is 6.30. The van der Waals surface area contributed by atoms with Gasteiger partial charge in [0.25, 0.3) is 0 Å². The maximum absolute atomic E-state index is 5.96. The summed E-state index contributed by atoms with van der Waals surface area (Å²) in [5, 5.41) is 5.01. The number of halogens is 1. The topological polar surface area (TPSA) is 39.4 Å². The van der Waals surface area contributed by atoms with E-state index in [1.165, 1.54) is 0 Å². The fourth-order valence-corrected chi connectivity index (χ4v) is 2.25. The summed E-state index contributed by atoms with van der Waals surface area (Å²) in [5.74, 6) is 0. The minimum absolute atomic E-state index is 0.432. The third-order valence-electron chi connectivity index (χ3n) is 3.32. The molecule has 0 amide bonds. The number of hydrogen-bond donors (Lipinski definition) is 0. The highest BCUT2D eigenvalue weighted by Gasteiger charge is 2.06. The maximum Gasteiger partial charge on any atom is 0.142 e. The van der Waals surface area contributed by atoms with E-state index in [1.54, 1.807) is 12.5 Å². The van der Waals surface area contributed by atoms with Crippen LogP contribution in [0.3, 0.4) is 0 Å². The molecule has 0 radical (unpaired) electrons. The number of hydrogen-bond acceptors (Lipinski definition) is 3. The second kappa shape index (κ2) is 7.61. The molecule has 2 aromatic carbocycles. The van der Waals surface area contributed by atoms with Gasteiger partial charge in [0.15, 0.2) is 0 Å². The molecule has 116 valence electrons. The number of oxime groups is 1. The van der Waals surface area contributed by atoms with Crippen molar-refractivity contribution < 1.29 is 4.84 Å². The van der Waals surface area contributed by atoms with Crippen LogP contribution in [0.15, 0.2) is 78.5 Å². The van der Waals surface area contributed by atoms with E-state index in [4.69, 9.17) is 16.4 Å². The van der Waals surface area contributed by atoms with Crippen molar-refractivity contribution in [1.82, 2.24) is 9.55 Å². The first-order valence-electron chi connectivity index (χ1n) is 7.26. The van der Waals surface area contributed by atoms with Crippen molar-refractivity contribution in [3.05, 3.63) is 89.5 Å². The van der Waals surface area contributed by atoms with Gasteiger partial charge in [-0.1, -0.05) is 59.2 Å². The van der Waals surface area contributed by atoms with Gasteiger partial charge in [-0.3, -0.25) is 0 Å². The van der Waals surface area contributed by atoms with Crippen LogP contribution in [0.1, 0.15) is 11.1 Å². The SMILES string of the molecule is Clc1ccc(/C(Cn2ccnc2)=N/OCc2ccccc2)cc1. The summed E-state index contributed by atoms with van der Waals surface area (Å²) >= 11 is 5.96. The molecule has 0 bridgehead atoms. The minimum atomic E-state index is 0.432. The molecule has 0 aliphatic rings. The predicted octanol–water partition coefficient (Wildman–Crippen LogP) is 4.16. The molecule has 0 spiro atoms. The summed E-state index contributed by atoms with van der Waals surface area (Å²) in [6, 6.07) is 17.5. The molecule has 0 N–H and O–H groups in total. The summed E-state index contributed by atoms with van der Waals surface area (Å²) in [4.78, 5) is 9.59. The molecule has 0 unspecified atom stereocenters. The van der Waals surface area contributed by atoms with E-state index in [0.29, 0.717) is 18.2 Å². The van der Waals surface area contributed by atoms with E-state index in [-0.39, 0.29) is 0 Å². The van der Waals surface area contributed by atoms with Crippen LogP contribution in [-0.2, 0) is 18.0 Å². The number of nitrogens with zero attached hydrogens (tertiary/aromatic N) is 3. The highest BCUT2D eigenvalue weighted by atomic mass is 35.5. The van der Waals surface area contributed by atoms with Gasteiger partial charge in [-0.15, -0.1) is 0 Å². The molecular formula is C18H16ClN3O. The smallest absolute Gasteiger partial charge is 0.142 e. The molecule has 4 nitrogen and oxygen atoms in total. The molecule has 1 aromatic heterocycles. The Kier molecular flexibility index (Phi) is 5.06. The van der Waals surface area contributed by atoms with E-state index < -0.39 is 0 Å². The quantitative estimate of drug-likeness (QED) is 0.504. The Hall–Kier alpha value is -2.59. The zero-order valence-corrected chi connectivity index (χ0v) is 13.2. The van der Waals surface area contributed by atoms with Crippen molar-refractivity contribution in [3.8, 4) is 0 Å². The Morgan fingerprint density at radius 3 is 2.57 bits per heavy atom. The van der Waals surface area contributed by atoms with Gasteiger partial charge in [0, 0.05) is 23.0 Å². The molecular weight excluding hydrogens is 310 g/mol. The van der Waals surface area contributed by atoms with Crippen molar-refractivity contribution in [2.45, 2.75) is 13.2 Å². The van der Waals surface area contributed by atoms with Crippen molar-refractivity contribution in [1.29, 1.82) is 0 Å². The van der Waals surface area contributed by atoms with Crippen LogP contribution < -0.4 is 0 Å². The Balaban J connectivity index is 1.76. The van der Waals surface area contributed by atoms with Crippen LogP contribution in [0.4, 0.5) is 0 Å². The van der Waals surface area contributed by atoms with Crippen LogP contribution in [-0.4, -0.2) is 15.3 Å². The minimum Gasteiger partial charge on any atom is -0.391 e. The summed E-state index contributed by atoms with van der Waals surface area (Å²) in [5.41, 5.74) is 2.86. The van der Waals surface area contributed by atoms with Gasteiger partial charge in [-0.2, -0.15) is 0 Å². The number of benzene rings is 2. The summed E-state index contributed by atoms with van der Waals surface area (Å²) < 4.78 is 1.94. The lowest BCUT2D eigenvalue weighted by Gasteiger charge is -2.08. The van der Waals surface area contributed by atoms with Gasteiger partial charge in [-0.25, -0.2) is 4.98 Å². The molecule has 3 rings (SSSR count).